The summed E-state index contributed by atoms with van der Waals surface area (Å²) in [7, 11) is -3.18. The van der Waals surface area contributed by atoms with Gasteiger partial charge in [-0.1, -0.05) is 23.7 Å². The summed E-state index contributed by atoms with van der Waals surface area (Å²) in [5.74, 6) is -0.912. The molecular formula is C12H15ClO4S. The monoisotopic (exact) mass is 290 g/mol. The Hall–Kier alpha value is -1.07. The fourth-order valence-corrected chi connectivity index (χ4v) is 3.12. The minimum atomic E-state index is -3.18. The molecule has 0 aliphatic carbocycles. The third-order valence-corrected chi connectivity index (χ3v) is 4.33. The van der Waals surface area contributed by atoms with Gasteiger partial charge in [0.15, 0.2) is 9.84 Å². The normalized spacial score (nSPS) is 11.4. The summed E-state index contributed by atoms with van der Waals surface area (Å²) in [4.78, 5) is 10.3. The number of hydrogen-bond donors (Lipinski definition) is 1. The fraction of sp³-hybridized carbons (Fsp3) is 0.417. The van der Waals surface area contributed by atoms with Gasteiger partial charge < -0.3 is 5.11 Å². The van der Waals surface area contributed by atoms with Gasteiger partial charge in [0.25, 0.3) is 0 Å². The fourth-order valence-electron chi connectivity index (χ4n) is 1.50. The Kier molecular flexibility index (Phi) is 5.62. The Balaban J connectivity index is 2.44. The summed E-state index contributed by atoms with van der Waals surface area (Å²) in [6.45, 7) is 0. The molecule has 1 aromatic carbocycles. The highest BCUT2D eigenvalue weighted by Gasteiger charge is 2.12. The van der Waals surface area contributed by atoms with Crippen LogP contribution < -0.4 is 0 Å². The van der Waals surface area contributed by atoms with E-state index in [1.165, 1.54) is 0 Å². The zero-order chi connectivity index (χ0) is 13.6. The number of unbranched alkanes of at least 4 members (excludes halogenated alkanes) is 1. The largest absolute Gasteiger partial charge is 0.481 e. The van der Waals surface area contributed by atoms with E-state index in [-0.39, 0.29) is 17.9 Å². The van der Waals surface area contributed by atoms with E-state index in [2.05, 4.69) is 0 Å². The van der Waals surface area contributed by atoms with Crippen molar-refractivity contribution < 1.29 is 18.3 Å². The lowest BCUT2D eigenvalue weighted by atomic mass is 10.2. The van der Waals surface area contributed by atoms with E-state index in [0.29, 0.717) is 23.4 Å². The molecule has 1 rings (SSSR count). The number of benzene rings is 1. The smallest absolute Gasteiger partial charge is 0.303 e. The van der Waals surface area contributed by atoms with Crippen LogP contribution in [-0.4, -0.2) is 25.2 Å². The molecule has 0 unspecified atom stereocenters. The average molecular weight is 291 g/mol. The zero-order valence-electron chi connectivity index (χ0n) is 9.80. The van der Waals surface area contributed by atoms with Gasteiger partial charge in [0.1, 0.15) is 0 Å². The van der Waals surface area contributed by atoms with Crippen molar-refractivity contribution in [2.75, 3.05) is 5.75 Å². The van der Waals surface area contributed by atoms with Crippen LogP contribution in [0.3, 0.4) is 0 Å². The van der Waals surface area contributed by atoms with Gasteiger partial charge in [0, 0.05) is 11.4 Å². The van der Waals surface area contributed by atoms with Crippen molar-refractivity contribution in [1.29, 1.82) is 0 Å². The van der Waals surface area contributed by atoms with Gasteiger partial charge in [0.05, 0.1) is 11.5 Å². The van der Waals surface area contributed by atoms with Gasteiger partial charge in [-0.05, 0) is 30.5 Å². The Morgan fingerprint density at radius 3 is 2.33 bits per heavy atom. The van der Waals surface area contributed by atoms with Crippen molar-refractivity contribution >= 4 is 27.4 Å². The minimum Gasteiger partial charge on any atom is -0.481 e. The molecule has 1 aromatic rings. The number of rotatable bonds is 7. The SMILES string of the molecule is O=C(O)CCCCS(=O)(=O)Cc1ccc(Cl)cc1. The molecule has 0 atom stereocenters. The Morgan fingerprint density at radius 2 is 1.78 bits per heavy atom. The molecule has 0 fully saturated rings. The van der Waals surface area contributed by atoms with E-state index < -0.39 is 15.8 Å². The Labute approximate surface area is 112 Å². The molecule has 0 amide bonds. The first-order chi connectivity index (χ1) is 8.39. The molecule has 18 heavy (non-hydrogen) atoms. The second-order valence-corrected chi connectivity index (χ2v) is 6.69. The molecule has 6 heteroatoms. The average Bonchev–Trinajstić information content (AvgIpc) is 2.27. The predicted octanol–water partition coefficient (Wildman–Crippen LogP) is 2.51. The molecule has 0 radical (unpaired) electrons. The lowest BCUT2D eigenvalue weighted by molar-refractivity contribution is -0.137. The maximum absolute atomic E-state index is 11.7. The number of hydrogen-bond acceptors (Lipinski definition) is 3. The van der Waals surface area contributed by atoms with Gasteiger partial charge in [-0.15, -0.1) is 0 Å². The van der Waals surface area contributed by atoms with Crippen LogP contribution in [0.15, 0.2) is 24.3 Å². The van der Waals surface area contributed by atoms with Crippen LogP contribution >= 0.6 is 11.6 Å². The van der Waals surface area contributed by atoms with Crippen LogP contribution in [0.1, 0.15) is 24.8 Å². The topological polar surface area (TPSA) is 71.4 Å². The number of carbonyl (C=O) groups is 1. The second kappa shape index (κ2) is 6.75. The molecular weight excluding hydrogens is 276 g/mol. The van der Waals surface area contributed by atoms with Crippen LogP contribution in [-0.2, 0) is 20.4 Å². The Morgan fingerprint density at radius 1 is 1.17 bits per heavy atom. The van der Waals surface area contributed by atoms with E-state index >= 15 is 0 Å². The first-order valence-corrected chi connectivity index (χ1v) is 7.76. The van der Waals surface area contributed by atoms with E-state index in [1.807, 2.05) is 0 Å². The third-order valence-electron chi connectivity index (χ3n) is 2.40. The van der Waals surface area contributed by atoms with Gasteiger partial charge >= 0.3 is 5.97 Å². The summed E-state index contributed by atoms with van der Waals surface area (Å²) in [6.07, 6.45) is 0.772. The molecule has 0 saturated heterocycles. The summed E-state index contributed by atoms with van der Waals surface area (Å²) in [5, 5.41) is 9.01. The molecule has 0 bridgehead atoms. The molecule has 0 saturated carbocycles. The molecule has 100 valence electrons. The second-order valence-electron chi connectivity index (χ2n) is 4.07. The molecule has 0 aliphatic heterocycles. The quantitative estimate of drug-likeness (QED) is 0.783. The van der Waals surface area contributed by atoms with Crippen LogP contribution in [0.25, 0.3) is 0 Å². The first-order valence-electron chi connectivity index (χ1n) is 5.56. The highest BCUT2D eigenvalue weighted by atomic mass is 35.5. The number of halogens is 1. The summed E-state index contributed by atoms with van der Waals surface area (Å²) in [5.41, 5.74) is 0.692. The van der Waals surface area contributed by atoms with E-state index in [0.717, 1.165) is 0 Å². The lowest BCUT2D eigenvalue weighted by Crippen LogP contribution is -2.10. The highest BCUT2D eigenvalue weighted by molar-refractivity contribution is 7.90. The Bertz CT molecular complexity index is 493. The molecule has 0 spiro atoms. The van der Waals surface area contributed by atoms with Gasteiger partial charge in [-0.2, -0.15) is 0 Å². The predicted molar refractivity (Wildman–Crippen MR) is 70.4 cm³/mol. The zero-order valence-corrected chi connectivity index (χ0v) is 11.4. The number of carboxylic acids is 1. The lowest BCUT2D eigenvalue weighted by Gasteiger charge is -2.04. The van der Waals surface area contributed by atoms with Crippen molar-refractivity contribution in [3.63, 3.8) is 0 Å². The maximum Gasteiger partial charge on any atom is 0.303 e. The van der Waals surface area contributed by atoms with Gasteiger partial charge in [-0.3, -0.25) is 4.79 Å². The first kappa shape index (κ1) is 15.0. The number of aliphatic carboxylic acids is 1. The maximum atomic E-state index is 11.7. The summed E-state index contributed by atoms with van der Waals surface area (Å²) < 4.78 is 23.5. The van der Waals surface area contributed by atoms with Crippen molar-refractivity contribution in [3.8, 4) is 0 Å². The minimum absolute atomic E-state index is 0.0104. The van der Waals surface area contributed by atoms with Crippen LogP contribution in [0, 0.1) is 0 Å². The standard InChI is InChI=1S/C12H15ClO4S/c13-11-6-4-10(5-7-11)9-18(16,17)8-2-1-3-12(14)15/h4-7H,1-3,8-9H2,(H,14,15). The van der Waals surface area contributed by atoms with Crippen LogP contribution in [0.2, 0.25) is 5.02 Å². The highest BCUT2D eigenvalue weighted by Crippen LogP contribution is 2.13. The van der Waals surface area contributed by atoms with E-state index in [9.17, 15) is 13.2 Å². The third kappa shape index (κ3) is 6.02. The number of sulfone groups is 1. The molecule has 4 nitrogen and oxygen atoms in total. The molecule has 0 aromatic heterocycles. The van der Waals surface area contributed by atoms with E-state index in [1.54, 1.807) is 24.3 Å². The van der Waals surface area contributed by atoms with Crippen molar-refractivity contribution in [3.05, 3.63) is 34.9 Å². The van der Waals surface area contributed by atoms with Gasteiger partial charge in [0.2, 0.25) is 0 Å². The van der Waals surface area contributed by atoms with Gasteiger partial charge in [-0.25, -0.2) is 8.42 Å². The number of carboxylic acid groups (broad SMARTS) is 1. The van der Waals surface area contributed by atoms with Crippen molar-refractivity contribution in [2.45, 2.75) is 25.0 Å². The van der Waals surface area contributed by atoms with Crippen LogP contribution in [0.4, 0.5) is 0 Å². The molecule has 0 aliphatic rings. The van der Waals surface area contributed by atoms with E-state index in [4.69, 9.17) is 16.7 Å². The van der Waals surface area contributed by atoms with Crippen LogP contribution in [0.5, 0.6) is 0 Å². The van der Waals surface area contributed by atoms with Crippen molar-refractivity contribution in [1.82, 2.24) is 0 Å². The van der Waals surface area contributed by atoms with Crippen molar-refractivity contribution in [2.24, 2.45) is 0 Å². The summed E-state index contributed by atoms with van der Waals surface area (Å²) in [6, 6.07) is 6.65. The molecule has 0 heterocycles. The summed E-state index contributed by atoms with van der Waals surface area (Å²) >= 11 is 5.71. The molecule has 1 N–H and O–H groups in total.